The zero-order valence-corrected chi connectivity index (χ0v) is 11.5. The summed E-state index contributed by atoms with van der Waals surface area (Å²) in [6.07, 6.45) is 4.22. The van der Waals surface area contributed by atoms with Crippen molar-refractivity contribution in [2.75, 3.05) is 38.0 Å². The van der Waals surface area contributed by atoms with Crippen LogP contribution in [0.3, 0.4) is 0 Å². The molecule has 0 radical (unpaired) electrons. The van der Waals surface area contributed by atoms with E-state index < -0.39 is 0 Å². The zero-order chi connectivity index (χ0) is 13.5. The average Bonchev–Trinajstić information content (AvgIpc) is 2.92. The van der Waals surface area contributed by atoms with Crippen LogP contribution in [0.25, 0.3) is 0 Å². The van der Waals surface area contributed by atoms with Crippen LogP contribution in [-0.2, 0) is 0 Å². The van der Waals surface area contributed by atoms with E-state index in [0.717, 1.165) is 32.0 Å². The lowest BCUT2D eigenvalue weighted by molar-refractivity contribution is 0.0949. The fourth-order valence-electron chi connectivity index (χ4n) is 2.29. The third-order valence-corrected chi connectivity index (χ3v) is 3.29. The SMILES string of the molecule is CCNc1cc(C(=O)NCCN2CCCC2)ccn1. The van der Waals surface area contributed by atoms with Crippen molar-refractivity contribution in [3.8, 4) is 0 Å². The Balaban J connectivity index is 1.79. The Bertz CT molecular complexity index is 416. The maximum Gasteiger partial charge on any atom is 0.251 e. The minimum Gasteiger partial charge on any atom is -0.370 e. The van der Waals surface area contributed by atoms with Gasteiger partial charge in [-0.3, -0.25) is 4.79 Å². The molecule has 1 fully saturated rings. The van der Waals surface area contributed by atoms with Gasteiger partial charge in [-0.15, -0.1) is 0 Å². The van der Waals surface area contributed by atoms with E-state index >= 15 is 0 Å². The molecule has 0 spiro atoms. The molecule has 2 N–H and O–H groups in total. The Morgan fingerprint density at radius 2 is 2.21 bits per heavy atom. The summed E-state index contributed by atoms with van der Waals surface area (Å²) in [6.45, 7) is 6.78. The van der Waals surface area contributed by atoms with E-state index in [1.807, 2.05) is 6.92 Å². The predicted molar refractivity (Wildman–Crippen MR) is 76.4 cm³/mol. The molecule has 0 atom stereocenters. The number of hydrogen-bond donors (Lipinski definition) is 2. The van der Waals surface area contributed by atoms with Crippen molar-refractivity contribution >= 4 is 11.7 Å². The first kappa shape index (κ1) is 13.8. The number of pyridine rings is 1. The average molecular weight is 262 g/mol. The van der Waals surface area contributed by atoms with Gasteiger partial charge < -0.3 is 15.5 Å². The van der Waals surface area contributed by atoms with Gasteiger partial charge in [-0.2, -0.15) is 0 Å². The van der Waals surface area contributed by atoms with Crippen molar-refractivity contribution in [3.05, 3.63) is 23.9 Å². The second-order valence-electron chi connectivity index (χ2n) is 4.76. The Morgan fingerprint density at radius 1 is 1.42 bits per heavy atom. The lowest BCUT2D eigenvalue weighted by Gasteiger charge is -2.14. The van der Waals surface area contributed by atoms with Gasteiger partial charge in [-0.05, 0) is 45.0 Å². The van der Waals surface area contributed by atoms with E-state index in [9.17, 15) is 4.79 Å². The number of anilines is 1. The first-order valence-electron chi connectivity index (χ1n) is 7.00. The van der Waals surface area contributed by atoms with E-state index in [1.165, 1.54) is 12.8 Å². The number of rotatable bonds is 6. The predicted octanol–water partition coefficient (Wildman–Crippen LogP) is 1.34. The molecule has 1 aliphatic heterocycles. The Kier molecular flexibility index (Phi) is 5.15. The molecule has 2 heterocycles. The van der Waals surface area contributed by atoms with Gasteiger partial charge in [0, 0.05) is 31.4 Å². The van der Waals surface area contributed by atoms with Crippen LogP contribution < -0.4 is 10.6 Å². The number of aromatic nitrogens is 1. The standard InChI is InChI=1S/C14H22N4O/c1-2-15-13-11-12(5-6-16-13)14(19)17-7-10-18-8-3-4-9-18/h5-6,11H,2-4,7-10H2,1H3,(H,15,16)(H,17,19). The highest BCUT2D eigenvalue weighted by Crippen LogP contribution is 2.07. The first-order valence-corrected chi connectivity index (χ1v) is 7.00. The van der Waals surface area contributed by atoms with Gasteiger partial charge >= 0.3 is 0 Å². The van der Waals surface area contributed by atoms with E-state index in [2.05, 4.69) is 20.5 Å². The number of carbonyl (C=O) groups excluding carboxylic acids is 1. The molecular formula is C14H22N4O. The Morgan fingerprint density at radius 3 is 2.95 bits per heavy atom. The molecule has 0 bridgehead atoms. The summed E-state index contributed by atoms with van der Waals surface area (Å²) in [6, 6.07) is 3.53. The molecule has 1 amide bonds. The van der Waals surface area contributed by atoms with E-state index in [4.69, 9.17) is 0 Å². The lowest BCUT2D eigenvalue weighted by atomic mass is 10.2. The van der Waals surface area contributed by atoms with Gasteiger partial charge in [-0.25, -0.2) is 4.98 Å². The summed E-state index contributed by atoms with van der Waals surface area (Å²) in [5.41, 5.74) is 0.660. The lowest BCUT2D eigenvalue weighted by Crippen LogP contribution is -2.33. The summed E-state index contributed by atoms with van der Waals surface area (Å²) in [7, 11) is 0. The van der Waals surface area contributed by atoms with Crippen LogP contribution in [0.15, 0.2) is 18.3 Å². The zero-order valence-electron chi connectivity index (χ0n) is 11.5. The molecule has 1 saturated heterocycles. The number of nitrogens with one attached hydrogen (secondary N) is 2. The van der Waals surface area contributed by atoms with Crippen molar-refractivity contribution in [2.45, 2.75) is 19.8 Å². The maximum absolute atomic E-state index is 12.0. The molecule has 1 aliphatic rings. The summed E-state index contributed by atoms with van der Waals surface area (Å²) >= 11 is 0. The first-order chi connectivity index (χ1) is 9.29. The number of carbonyl (C=O) groups is 1. The van der Waals surface area contributed by atoms with E-state index in [0.29, 0.717) is 12.1 Å². The third kappa shape index (κ3) is 4.21. The smallest absolute Gasteiger partial charge is 0.251 e. The van der Waals surface area contributed by atoms with Crippen molar-refractivity contribution in [1.82, 2.24) is 15.2 Å². The second kappa shape index (κ2) is 7.09. The fraction of sp³-hybridized carbons (Fsp3) is 0.571. The van der Waals surface area contributed by atoms with Gasteiger partial charge in [0.05, 0.1) is 0 Å². The fourth-order valence-corrected chi connectivity index (χ4v) is 2.29. The van der Waals surface area contributed by atoms with Gasteiger partial charge in [0.15, 0.2) is 0 Å². The van der Waals surface area contributed by atoms with Crippen LogP contribution in [0.2, 0.25) is 0 Å². The molecule has 0 aromatic carbocycles. The van der Waals surface area contributed by atoms with Crippen LogP contribution in [0, 0.1) is 0 Å². The maximum atomic E-state index is 12.0. The van der Waals surface area contributed by atoms with E-state index in [-0.39, 0.29) is 5.91 Å². The highest BCUT2D eigenvalue weighted by atomic mass is 16.1. The van der Waals surface area contributed by atoms with Crippen LogP contribution >= 0.6 is 0 Å². The second-order valence-corrected chi connectivity index (χ2v) is 4.76. The molecule has 1 aromatic heterocycles. The van der Waals surface area contributed by atoms with Gasteiger partial charge in [0.25, 0.3) is 5.91 Å². The molecule has 104 valence electrons. The number of nitrogens with zero attached hydrogens (tertiary/aromatic N) is 2. The van der Waals surface area contributed by atoms with E-state index in [1.54, 1.807) is 18.3 Å². The van der Waals surface area contributed by atoms with Gasteiger partial charge in [0.1, 0.15) is 5.82 Å². The molecule has 0 unspecified atom stereocenters. The summed E-state index contributed by atoms with van der Waals surface area (Å²) in [4.78, 5) is 18.5. The van der Waals surface area contributed by atoms with Crippen LogP contribution in [0.1, 0.15) is 30.1 Å². The summed E-state index contributed by atoms with van der Waals surface area (Å²) in [5, 5.41) is 6.06. The normalized spacial score (nSPS) is 15.4. The molecule has 0 aliphatic carbocycles. The van der Waals surface area contributed by atoms with Gasteiger partial charge in [-0.1, -0.05) is 0 Å². The molecule has 5 nitrogen and oxygen atoms in total. The van der Waals surface area contributed by atoms with Crippen LogP contribution in [-0.4, -0.2) is 48.5 Å². The minimum atomic E-state index is -0.0271. The quantitative estimate of drug-likeness (QED) is 0.812. The number of amides is 1. The van der Waals surface area contributed by atoms with Crippen LogP contribution in [0.4, 0.5) is 5.82 Å². The minimum absolute atomic E-state index is 0.0271. The summed E-state index contributed by atoms with van der Waals surface area (Å²) in [5.74, 6) is 0.718. The largest absolute Gasteiger partial charge is 0.370 e. The van der Waals surface area contributed by atoms with Crippen molar-refractivity contribution in [3.63, 3.8) is 0 Å². The van der Waals surface area contributed by atoms with Crippen molar-refractivity contribution in [1.29, 1.82) is 0 Å². The monoisotopic (exact) mass is 262 g/mol. The molecule has 0 saturated carbocycles. The topological polar surface area (TPSA) is 57.3 Å². The van der Waals surface area contributed by atoms with Gasteiger partial charge in [0.2, 0.25) is 0 Å². The molecule has 5 heteroatoms. The Labute approximate surface area is 114 Å². The number of likely N-dealkylation sites (tertiary alicyclic amines) is 1. The highest BCUT2D eigenvalue weighted by molar-refractivity contribution is 5.94. The third-order valence-electron chi connectivity index (χ3n) is 3.29. The molecule has 2 rings (SSSR count). The molecule has 19 heavy (non-hydrogen) atoms. The molecular weight excluding hydrogens is 240 g/mol. The summed E-state index contributed by atoms with van der Waals surface area (Å²) < 4.78 is 0. The number of hydrogen-bond acceptors (Lipinski definition) is 4. The molecule has 1 aromatic rings. The highest BCUT2D eigenvalue weighted by Gasteiger charge is 2.11. The van der Waals surface area contributed by atoms with Crippen molar-refractivity contribution in [2.24, 2.45) is 0 Å². The van der Waals surface area contributed by atoms with Crippen molar-refractivity contribution < 1.29 is 4.79 Å². The van der Waals surface area contributed by atoms with Crippen LogP contribution in [0.5, 0.6) is 0 Å². The Hall–Kier alpha value is -1.62.